The van der Waals surface area contributed by atoms with Crippen LogP contribution in [0.5, 0.6) is 0 Å². The number of carbonyl (C=O) groups is 2. The Kier molecular flexibility index (Phi) is 18.8. The van der Waals surface area contributed by atoms with Crippen LogP contribution in [0.25, 0.3) is 0 Å². The molecule has 2 aliphatic carbocycles. The van der Waals surface area contributed by atoms with Gasteiger partial charge in [-0.05, 0) is 98.3 Å². The zero-order valence-electron chi connectivity index (χ0n) is 42.7. The SMILES string of the molecule is C.C.C=C1C=C[C@]2(CC(=O)N2OCc2ccccc2)[C@H](O[Si](C)(C)C)[C@@H]1O[Si](C)(C)C(C)(C)C.CC(C)(C)[Si](C)(C)O[C@H]1[C@@H](O[Si](C)(C)C)[C@]2(C=C[C@@]1(O)CO)CC(=O)N2OCc1ccccc1. The lowest BCUT2D eigenvalue weighted by molar-refractivity contribution is -0.282. The fourth-order valence-corrected chi connectivity index (χ4v) is 12.7. The predicted octanol–water partition coefficient (Wildman–Crippen LogP) is 11.1. The van der Waals surface area contributed by atoms with E-state index in [0.29, 0.717) is 13.0 Å². The topological polar surface area (TPSA) is 136 Å². The third-order valence-electron chi connectivity index (χ3n) is 13.8. The van der Waals surface area contributed by atoms with Gasteiger partial charge in [-0.1, -0.05) is 142 Å². The van der Waals surface area contributed by atoms with Gasteiger partial charge >= 0.3 is 0 Å². The van der Waals surface area contributed by atoms with Crippen LogP contribution >= 0.6 is 0 Å². The van der Waals surface area contributed by atoms with Crippen LogP contribution in [0.15, 0.2) is 97.1 Å². The van der Waals surface area contributed by atoms with Gasteiger partial charge in [0, 0.05) is 0 Å². The van der Waals surface area contributed by atoms with Gasteiger partial charge in [-0.2, -0.15) is 0 Å². The van der Waals surface area contributed by atoms with Crippen molar-refractivity contribution >= 4 is 45.1 Å². The first-order valence-corrected chi connectivity index (χ1v) is 36.0. The van der Waals surface area contributed by atoms with Crippen LogP contribution in [-0.4, -0.2) is 113 Å². The molecular weight excluding hydrogens is 925 g/mol. The number of carbonyl (C=O) groups excluding carboxylic acids is 2. The first-order valence-electron chi connectivity index (χ1n) is 23.3. The van der Waals surface area contributed by atoms with Gasteiger partial charge < -0.3 is 27.9 Å². The monoisotopic (exact) mass is 1010 g/mol. The van der Waals surface area contributed by atoms with Crippen molar-refractivity contribution in [3.05, 3.63) is 108 Å². The number of hydrogen-bond acceptors (Lipinski definition) is 10. The third kappa shape index (κ3) is 13.0. The zero-order valence-corrected chi connectivity index (χ0v) is 46.7. The molecule has 0 saturated carbocycles. The van der Waals surface area contributed by atoms with Gasteiger partial charge in [-0.25, -0.2) is 10.1 Å². The molecule has 2 spiro atoms. The second-order valence-electron chi connectivity index (χ2n) is 23.5. The molecule has 2 N–H and O–H groups in total. The van der Waals surface area contributed by atoms with Gasteiger partial charge in [-0.3, -0.25) is 19.3 Å². The summed E-state index contributed by atoms with van der Waals surface area (Å²) in [5, 5.41) is 24.6. The van der Waals surface area contributed by atoms with E-state index in [2.05, 4.69) is 114 Å². The lowest BCUT2D eigenvalue weighted by Crippen LogP contribution is -2.77. The number of benzene rings is 2. The smallest absolute Gasteiger partial charge is 0.249 e. The highest BCUT2D eigenvalue weighted by molar-refractivity contribution is 6.74. The number of hydroxylamine groups is 4. The van der Waals surface area contributed by atoms with Crippen molar-refractivity contribution < 1.29 is 47.2 Å². The molecule has 6 rings (SSSR count). The summed E-state index contributed by atoms with van der Waals surface area (Å²) in [6, 6.07) is 19.6. The van der Waals surface area contributed by atoms with E-state index >= 15 is 0 Å². The molecule has 382 valence electrons. The van der Waals surface area contributed by atoms with E-state index in [1.807, 2.05) is 72.8 Å². The standard InChI is InChI=1S/C25H41NO6Si2.C25H39NO4Si2.2CH4/c1-23(2,3)34(7,8)32-22-21(31-33(4,5)6)24(14-15-25(22,29)18-27)16-20(28)26(24)30-17-19-12-10-9-11-13-19;1-19-15-16-25(17-21(27)26(25)28-18-20-13-11-10-12-14-20)23(30-31(5,6)7)22(19)29-32(8,9)24(2,3)4;;/h9-15,21-22,27,29H,16-18H2,1-8H3;10-16,22-23H,1,17-18H2,2-9H3;2*1H4/t21-,22+,24+,25-;22-,23-,25+;;/m11../s1. The number of nitrogens with zero attached hydrogens (tertiary/aromatic N) is 2. The van der Waals surface area contributed by atoms with Crippen molar-refractivity contribution in [2.45, 2.75) is 199 Å². The molecule has 68 heavy (non-hydrogen) atoms. The molecule has 0 aromatic heterocycles. The average molecular weight is 1010 g/mol. The molecule has 2 aliphatic heterocycles. The lowest BCUT2D eigenvalue weighted by Gasteiger charge is -2.60. The van der Waals surface area contributed by atoms with Crippen LogP contribution in [0, 0.1) is 0 Å². The summed E-state index contributed by atoms with van der Waals surface area (Å²) in [7, 11) is -8.66. The number of amides is 2. The van der Waals surface area contributed by atoms with Crippen molar-refractivity contribution in [1.29, 1.82) is 0 Å². The molecule has 7 atom stereocenters. The van der Waals surface area contributed by atoms with Gasteiger partial charge in [0.1, 0.15) is 48.2 Å². The molecule has 2 amide bonds. The first kappa shape index (κ1) is 59.5. The van der Waals surface area contributed by atoms with E-state index < -0.39 is 68.8 Å². The fraction of sp³-hybridized carbons (Fsp3) is 0.615. The van der Waals surface area contributed by atoms with Gasteiger partial charge in [0.2, 0.25) is 11.8 Å². The normalized spacial score (nSPS) is 27.5. The van der Waals surface area contributed by atoms with Crippen LogP contribution in [0.4, 0.5) is 0 Å². The van der Waals surface area contributed by atoms with E-state index in [-0.39, 0.29) is 62.0 Å². The summed E-state index contributed by atoms with van der Waals surface area (Å²) in [4.78, 5) is 37.7. The average Bonchev–Trinajstić information content (AvgIpc) is 3.19. The Morgan fingerprint density at radius 3 is 1.38 bits per heavy atom. The minimum absolute atomic E-state index is 0. The Hall–Kier alpha value is -2.85. The molecule has 0 bridgehead atoms. The molecule has 2 fully saturated rings. The highest BCUT2D eigenvalue weighted by atomic mass is 28.4. The maximum Gasteiger partial charge on any atom is 0.249 e. The highest BCUT2D eigenvalue weighted by Gasteiger charge is 2.66. The quantitative estimate of drug-likeness (QED) is 0.101. The van der Waals surface area contributed by atoms with E-state index in [1.54, 1.807) is 12.2 Å². The van der Waals surface area contributed by atoms with E-state index in [4.69, 9.17) is 27.4 Å². The largest absolute Gasteiger partial charge is 0.409 e. The molecule has 12 nitrogen and oxygen atoms in total. The Bertz CT molecular complexity index is 2090. The third-order valence-corrected chi connectivity index (χ3v) is 24.6. The molecule has 2 saturated heterocycles. The fourth-order valence-electron chi connectivity index (χ4n) is 7.97. The number of rotatable bonds is 15. The van der Waals surface area contributed by atoms with Gasteiger partial charge in [0.15, 0.2) is 33.3 Å². The Balaban J connectivity index is 0.000000351. The minimum Gasteiger partial charge on any atom is -0.409 e. The summed E-state index contributed by atoms with van der Waals surface area (Å²) < 4.78 is 27.1. The Morgan fingerprint density at radius 2 is 1.00 bits per heavy atom. The summed E-state index contributed by atoms with van der Waals surface area (Å²) in [5.41, 5.74) is -0.370. The number of β-lactam (4-membered cyclic amide) rings is 2. The molecule has 2 aromatic rings. The Morgan fingerprint density at radius 1 is 0.603 bits per heavy atom. The van der Waals surface area contributed by atoms with Crippen molar-refractivity contribution in [2.24, 2.45) is 0 Å². The minimum atomic E-state index is -2.39. The molecule has 0 radical (unpaired) electrons. The molecule has 16 heteroatoms. The van der Waals surface area contributed by atoms with Crippen LogP contribution in [0.3, 0.4) is 0 Å². The lowest BCUT2D eigenvalue weighted by atomic mass is 9.70. The summed E-state index contributed by atoms with van der Waals surface area (Å²) >= 11 is 0. The van der Waals surface area contributed by atoms with Gasteiger partial charge in [0.05, 0.1) is 25.6 Å². The zero-order chi connectivity index (χ0) is 49.5. The number of aliphatic hydroxyl groups is 2. The molecule has 4 aliphatic rings. The van der Waals surface area contributed by atoms with E-state index in [9.17, 15) is 19.8 Å². The number of aliphatic hydroxyl groups excluding tert-OH is 1. The van der Waals surface area contributed by atoms with Gasteiger partial charge in [-0.15, -0.1) is 0 Å². The maximum absolute atomic E-state index is 12.8. The predicted molar refractivity (Wildman–Crippen MR) is 284 cm³/mol. The maximum atomic E-state index is 12.8. The summed E-state index contributed by atoms with van der Waals surface area (Å²) in [6.07, 6.45) is 5.69. The first-order chi connectivity index (χ1) is 30.2. The highest BCUT2D eigenvalue weighted by Crippen LogP contribution is 2.50. The van der Waals surface area contributed by atoms with E-state index in [1.165, 1.54) is 10.1 Å². The van der Waals surface area contributed by atoms with Crippen molar-refractivity contribution in [3.8, 4) is 0 Å². The molecule has 0 unspecified atom stereocenters. The summed E-state index contributed by atoms with van der Waals surface area (Å²) in [5.74, 6) is -0.182. The van der Waals surface area contributed by atoms with Crippen molar-refractivity contribution in [3.63, 3.8) is 0 Å². The van der Waals surface area contributed by atoms with Crippen molar-refractivity contribution in [2.75, 3.05) is 6.61 Å². The second kappa shape index (κ2) is 21.5. The van der Waals surface area contributed by atoms with Crippen molar-refractivity contribution in [1.82, 2.24) is 10.1 Å². The van der Waals surface area contributed by atoms with E-state index in [0.717, 1.165) is 16.7 Å². The van der Waals surface area contributed by atoms with Crippen LogP contribution < -0.4 is 0 Å². The van der Waals surface area contributed by atoms with Crippen LogP contribution in [0.2, 0.25) is 75.5 Å². The van der Waals surface area contributed by atoms with Crippen LogP contribution in [0.1, 0.15) is 80.4 Å². The Labute approximate surface area is 414 Å². The molecule has 2 aromatic carbocycles. The molecule has 2 heterocycles. The summed E-state index contributed by atoms with van der Waals surface area (Å²) in [6.45, 7) is 38.8. The second-order valence-corrected chi connectivity index (χ2v) is 42.0. The number of hydrogen-bond donors (Lipinski definition) is 2. The van der Waals surface area contributed by atoms with Crippen LogP contribution in [-0.2, 0) is 50.2 Å². The van der Waals surface area contributed by atoms with Gasteiger partial charge in [0.25, 0.3) is 0 Å². The molecular formula is C52H88N2O10Si4.